The molecule has 1 rings (SSSR count). The summed E-state index contributed by atoms with van der Waals surface area (Å²) in [6.07, 6.45) is 0.776. The third-order valence-corrected chi connectivity index (χ3v) is 3.15. The molecule has 0 fully saturated rings. The first-order chi connectivity index (χ1) is 7.00. The first kappa shape index (κ1) is 12.4. The van der Waals surface area contributed by atoms with Crippen LogP contribution in [-0.4, -0.2) is 10.6 Å². The Hall–Kier alpha value is -0.630. The summed E-state index contributed by atoms with van der Waals surface area (Å²) in [6, 6.07) is 8.29. The number of aryl methyl sites for hydroxylation is 1. The maximum absolute atomic E-state index is 11.7. The zero-order valence-corrected chi connectivity index (χ0v) is 11.0. The highest BCUT2D eigenvalue weighted by Crippen LogP contribution is 2.15. The fourth-order valence-corrected chi connectivity index (χ4v) is 2.41. The van der Waals surface area contributed by atoms with Crippen molar-refractivity contribution in [2.75, 3.05) is 0 Å². The van der Waals surface area contributed by atoms with Crippen LogP contribution in [0.4, 0.5) is 0 Å². The molecule has 0 aliphatic carbocycles. The molecule has 0 N–H and O–H groups in total. The van der Waals surface area contributed by atoms with E-state index in [0.29, 0.717) is 0 Å². The molecule has 1 atom stereocenters. The van der Waals surface area contributed by atoms with Crippen LogP contribution >= 0.6 is 15.9 Å². The lowest BCUT2D eigenvalue weighted by Gasteiger charge is -2.11. The third kappa shape index (κ3) is 3.78. The Morgan fingerprint density at radius 2 is 2.07 bits per heavy atom. The van der Waals surface area contributed by atoms with Crippen LogP contribution in [0.2, 0.25) is 0 Å². The van der Waals surface area contributed by atoms with Gasteiger partial charge >= 0.3 is 0 Å². The lowest BCUT2D eigenvalue weighted by Crippen LogP contribution is -2.21. The van der Waals surface area contributed by atoms with Gasteiger partial charge in [0.2, 0.25) is 0 Å². The summed E-state index contributed by atoms with van der Waals surface area (Å²) in [5, 5.41) is 0. The van der Waals surface area contributed by atoms with Gasteiger partial charge in [-0.3, -0.25) is 4.79 Å². The van der Waals surface area contributed by atoms with Crippen molar-refractivity contribution in [3.8, 4) is 0 Å². The largest absolute Gasteiger partial charge is 0.298 e. The SMILES string of the molecule is Cc1cccc(CC(Br)C(=O)C(C)C)c1. The lowest BCUT2D eigenvalue weighted by molar-refractivity contribution is -0.121. The summed E-state index contributed by atoms with van der Waals surface area (Å²) in [7, 11) is 0. The van der Waals surface area contributed by atoms with Gasteiger partial charge in [-0.1, -0.05) is 59.6 Å². The molecule has 0 spiro atoms. The van der Waals surface area contributed by atoms with Crippen LogP contribution in [-0.2, 0) is 11.2 Å². The molecule has 0 bridgehead atoms. The van der Waals surface area contributed by atoms with E-state index in [1.54, 1.807) is 0 Å². The van der Waals surface area contributed by atoms with Gasteiger partial charge in [-0.25, -0.2) is 0 Å². The summed E-state index contributed by atoms with van der Waals surface area (Å²) in [4.78, 5) is 11.6. The summed E-state index contributed by atoms with van der Waals surface area (Å²) in [5.74, 6) is 0.371. The van der Waals surface area contributed by atoms with E-state index in [-0.39, 0.29) is 16.5 Å². The number of benzene rings is 1. The molecular weight excluding hydrogens is 252 g/mol. The molecular formula is C13H17BrO. The van der Waals surface area contributed by atoms with Crippen LogP contribution < -0.4 is 0 Å². The molecule has 1 nitrogen and oxygen atoms in total. The molecule has 1 unspecified atom stereocenters. The van der Waals surface area contributed by atoms with Gasteiger partial charge in [0, 0.05) is 5.92 Å². The van der Waals surface area contributed by atoms with E-state index in [1.165, 1.54) is 11.1 Å². The molecule has 82 valence electrons. The number of Topliss-reactive ketones (excluding diaryl/α,β-unsaturated/α-hetero) is 1. The summed E-state index contributed by atoms with van der Waals surface area (Å²) >= 11 is 3.46. The number of rotatable bonds is 4. The number of halogens is 1. The van der Waals surface area contributed by atoms with Gasteiger partial charge in [-0.2, -0.15) is 0 Å². The van der Waals surface area contributed by atoms with Gasteiger partial charge in [0.05, 0.1) is 4.83 Å². The molecule has 0 aliphatic rings. The average molecular weight is 269 g/mol. The van der Waals surface area contributed by atoms with Gasteiger partial charge in [-0.15, -0.1) is 0 Å². The van der Waals surface area contributed by atoms with Gasteiger partial charge in [-0.05, 0) is 18.9 Å². The number of hydrogen-bond donors (Lipinski definition) is 0. The predicted molar refractivity (Wildman–Crippen MR) is 67.4 cm³/mol. The van der Waals surface area contributed by atoms with E-state index in [2.05, 4.69) is 41.1 Å². The van der Waals surface area contributed by atoms with Crippen LogP contribution in [0.25, 0.3) is 0 Å². The molecule has 0 aliphatic heterocycles. The highest BCUT2D eigenvalue weighted by atomic mass is 79.9. The van der Waals surface area contributed by atoms with Crippen molar-refractivity contribution in [1.29, 1.82) is 0 Å². The van der Waals surface area contributed by atoms with Crippen LogP contribution in [0, 0.1) is 12.8 Å². The Morgan fingerprint density at radius 1 is 1.40 bits per heavy atom. The Bertz CT molecular complexity index is 344. The zero-order valence-electron chi connectivity index (χ0n) is 9.46. The number of carbonyl (C=O) groups excluding carboxylic acids is 1. The Balaban J connectivity index is 2.66. The van der Waals surface area contributed by atoms with Crippen LogP contribution in [0.5, 0.6) is 0 Å². The Labute approximate surface area is 100 Å². The van der Waals surface area contributed by atoms with E-state index in [9.17, 15) is 4.79 Å². The van der Waals surface area contributed by atoms with Crippen molar-refractivity contribution in [2.24, 2.45) is 5.92 Å². The van der Waals surface area contributed by atoms with Gasteiger partial charge in [0.25, 0.3) is 0 Å². The maximum atomic E-state index is 11.7. The van der Waals surface area contributed by atoms with E-state index >= 15 is 0 Å². The van der Waals surface area contributed by atoms with Crippen molar-refractivity contribution in [3.05, 3.63) is 35.4 Å². The average Bonchev–Trinajstić information content (AvgIpc) is 2.16. The zero-order chi connectivity index (χ0) is 11.4. The minimum atomic E-state index is -0.0562. The van der Waals surface area contributed by atoms with Gasteiger partial charge in [0.1, 0.15) is 5.78 Å². The van der Waals surface area contributed by atoms with Crippen molar-refractivity contribution in [3.63, 3.8) is 0 Å². The number of ketones is 1. The van der Waals surface area contributed by atoms with Crippen LogP contribution in [0.15, 0.2) is 24.3 Å². The predicted octanol–water partition coefficient (Wildman–Crippen LogP) is 3.53. The number of alkyl halides is 1. The molecule has 0 saturated heterocycles. The highest BCUT2D eigenvalue weighted by Gasteiger charge is 2.18. The maximum Gasteiger partial charge on any atom is 0.149 e. The number of carbonyl (C=O) groups is 1. The van der Waals surface area contributed by atoms with Gasteiger partial charge in [0.15, 0.2) is 0 Å². The number of hydrogen-bond acceptors (Lipinski definition) is 1. The van der Waals surface area contributed by atoms with Crippen LogP contribution in [0.3, 0.4) is 0 Å². The quantitative estimate of drug-likeness (QED) is 0.764. The second kappa shape index (κ2) is 5.45. The standard InChI is InChI=1S/C13H17BrO/c1-9(2)13(15)12(14)8-11-6-4-5-10(3)7-11/h4-7,9,12H,8H2,1-3H3. The van der Waals surface area contributed by atoms with Crippen LogP contribution in [0.1, 0.15) is 25.0 Å². The van der Waals surface area contributed by atoms with Crippen molar-refractivity contribution >= 4 is 21.7 Å². The lowest BCUT2D eigenvalue weighted by atomic mass is 10.00. The first-order valence-electron chi connectivity index (χ1n) is 5.24. The summed E-state index contributed by atoms with van der Waals surface area (Å²) < 4.78 is 0. The molecule has 15 heavy (non-hydrogen) atoms. The Morgan fingerprint density at radius 3 is 2.60 bits per heavy atom. The molecule has 0 saturated carbocycles. The first-order valence-corrected chi connectivity index (χ1v) is 6.15. The fraction of sp³-hybridized carbons (Fsp3) is 0.462. The fourth-order valence-electron chi connectivity index (χ4n) is 1.51. The van der Waals surface area contributed by atoms with Gasteiger partial charge < -0.3 is 0 Å². The molecule has 0 amide bonds. The van der Waals surface area contributed by atoms with E-state index in [4.69, 9.17) is 0 Å². The van der Waals surface area contributed by atoms with E-state index in [1.807, 2.05) is 19.9 Å². The molecule has 0 radical (unpaired) electrons. The molecule has 1 aromatic rings. The molecule has 1 aromatic carbocycles. The smallest absolute Gasteiger partial charge is 0.149 e. The topological polar surface area (TPSA) is 17.1 Å². The van der Waals surface area contributed by atoms with Crippen molar-refractivity contribution in [2.45, 2.75) is 32.0 Å². The molecule has 2 heteroatoms. The van der Waals surface area contributed by atoms with E-state index in [0.717, 1.165) is 6.42 Å². The normalized spacial score (nSPS) is 12.9. The summed E-state index contributed by atoms with van der Waals surface area (Å²) in [5.41, 5.74) is 2.45. The minimum Gasteiger partial charge on any atom is -0.298 e. The van der Waals surface area contributed by atoms with Crippen molar-refractivity contribution in [1.82, 2.24) is 0 Å². The Kier molecular flexibility index (Phi) is 4.52. The molecule has 0 aromatic heterocycles. The highest BCUT2D eigenvalue weighted by molar-refractivity contribution is 9.10. The minimum absolute atomic E-state index is 0.0562. The second-order valence-corrected chi connectivity index (χ2v) is 5.32. The monoisotopic (exact) mass is 268 g/mol. The summed E-state index contributed by atoms with van der Waals surface area (Å²) in [6.45, 7) is 5.94. The third-order valence-electron chi connectivity index (χ3n) is 2.38. The van der Waals surface area contributed by atoms with E-state index < -0.39 is 0 Å². The molecule has 0 heterocycles. The van der Waals surface area contributed by atoms with Crippen molar-refractivity contribution < 1.29 is 4.79 Å². The second-order valence-electron chi connectivity index (χ2n) is 4.22.